The van der Waals surface area contributed by atoms with Gasteiger partial charge in [0, 0.05) is 32.4 Å². The van der Waals surface area contributed by atoms with E-state index in [1.165, 1.54) is 0 Å². The zero-order valence-electron chi connectivity index (χ0n) is 12.2. The fourth-order valence-electron chi connectivity index (χ4n) is 2.38. The van der Waals surface area contributed by atoms with Crippen molar-refractivity contribution < 1.29 is 9.53 Å². The van der Waals surface area contributed by atoms with Crippen LogP contribution in [0.2, 0.25) is 0 Å². The average Bonchev–Trinajstić information content (AvgIpc) is 2.54. The number of rotatable bonds is 5. The number of ether oxygens (including phenoxy) is 1. The molecule has 0 bridgehead atoms. The van der Waals surface area contributed by atoms with Gasteiger partial charge in [0.1, 0.15) is 11.9 Å². The van der Waals surface area contributed by atoms with Gasteiger partial charge in [-0.15, -0.1) is 0 Å². The lowest BCUT2D eigenvalue weighted by molar-refractivity contribution is -0.133. The van der Waals surface area contributed by atoms with Crippen molar-refractivity contribution in [2.45, 2.75) is 25.3 Å². The summed E-state index contributed by atoms with van der Waals surface area (Å²) >= 11 is 0. The quantitative estimate of drug-likeness (QED) is 0.886. The molecule has 1 aromatic heterocycles. The number of carbonyl (C=O) groups excluding carboxylic acids is 1. The second kappa shape index (κ2) is 7.60. The van der Waals surface area contributed by atoms with Crippen LogP contribution in [0.25, 0.3) is 0 Å². The van der Waals surface area contributed by atoms with Gasteiger partial charge in [0.25, 0.3) is 0 Å². The highest BCUT2D eigenvalue weighted by atomic mass is 16.5. The van der Waals surface area contributed by atoms with E-state index in [2.05, 4.69) is 10.3 Å². The average molecular weight is 288 g/mol. The van der Waals surface area contributed by atoms with Gasteiger partial charge in [-0.1, -0.05) is 0 Å². The number of nitrogens with zero attached hydrogens (tertiary/aromatic N) is 3. The van der Waals surface area contributed by atoms with Gasteiger partial charge >= 0.3 is 0 Å². The van der Waals surface area contributed by atoms with Crippen LogP contribution in [0.4, 0.5) is 5.82 Å². The van der Waals surface area contributed by atoms with Crippen LogP contribution in [-0.4, -0.2) is 48.6 Å². The van der Waals surface area contributed by atoms with Gasteiger partial charge in [-0.05, 0) is 25.0 Å². The molecular weight excluding hydrogens is 268 g/mol. The molecule has 1 saturated heterocycles. The maximum atomic E-state index is 11.9. The third-order valence-corrected chi connectivity index (χ3v) is 3.61. The Bertz CT molecular complexity index is 501. The van der Waals surface area contributed by atoms with Crippen molar-refractivity contribution in [3.8, 4) is 6.07 Å². The SMILES string of the molecule is COCCC(=O)N1CCC(Nc2ccc(C#N)cn2)CC1. The number of anilines is 1. The Balaban J connectivity index is 1.78. The van der Waals surface area contributed by atoms with Gasteiger partial charge < -0.3 is 15.0 Å². The molecule has 1 aliphatic rings. The van der Waals surface area contributed by atoms with Gasteiger partial charge in [0.2, 0.25) is 5.91 Å². The fraction of sp³-hybridized carbons (Fsp3) is 0.533. The van der Waals surface area contributed by atoms with Gasteiger partial charge in [-0.2, -0.15) is 5.26 Å². The van der Waals surface area contributed by atoms with Crippen molar-refractivity contribution in [1.29, 1.82) is 5.26 Å². The van der Waals surface area contributed by atoms with Crippen LogP contribution < -0.4 is 5.32 Å². The van der Waals surface area contributed by atoms with E-state index in [4.69, 9.17) is 10.00 Å². The zero-order chi connectivity index (χ0) is 15.1. The van der Waals surface area contributed by atoms with Gasteiger partial charge in [0.05, 0.1) is 18.6 Å². The number of aromatic nitrogens is 1. The number of likely N-dealkylation sites (tertiary alicyclic amines) is 1. The summed E-state index contributed by atoms with van der Waals surface area (Å²) in [6.07, 6.45) is 3.82. The first-order chi connectivity index (χ1) is 10.2. The number of methoxy groups -OCH3 is 1. The van der Waals surface area contributed by atoms with E-state index in [0.29, 0.717) is 24.6 Å². The Kier molecular flexibility index (Phi) is 5.52. The minimum atomic E-state index is 0.159. The van der Waals surface area contributed by atoms with Crippen molar-refractivity contribution in [1.82, 2.24) is 9.88 Å². The first kappa shape index (κ1) is 15.3. The molecule has 0 aromatic carbocycles. The Morgan fingerprint density at radius 3 is 2.86 bits per heavy atom. The minimum Gasteiger partial charge on any atom is -0.384 e. The zero-order valence-corrected chi connectivity index (χ0v) is 12.2. The van der Waals surface area contributed by atoms with Crippen molar-refractivity contribution in [3.05, 3.63) is 23.9 Å². The molecule has 0 atom stereocenters. The molecule has 2 heterocycles. The number of piperidine rings is 1. The molecule has 0 radical (unpaired) electrons. The number of nitrogens with one attached hydrogen (secondary N) is 1. The number of pyridine rings is 1. The first-order valence-corrected chi connectivity index (χ1v) is 7.12. The highest BCUT2D eigenvalue weighted by Crippen LogP contribution is 2.16. The largest absolute Gasteiger partial charge is 0.384 e. The number of carbonyl (C=O) groups is 1. The van der Waals surface area contributed by atoms with Crippen LogP contribution in [-0.2, 0) is 9.53 Å². The van der Waals surface area contributed by atoms with Crippen molar-refractivity contribution in [2.24, 2.45) is 0 Å². The second-order valence-corrected chi connectivity index (χ2v) is 5.09. The van der Waals surface area contributed by atoms with E-state index in [1.54, 1.807) is 19.4 Å². The van der Waals surface area contributed by atoms with Gasteiger partial charge in [-0.25, -0.2) is 4.98 Å². The Morgan fingerprint density at radius 1 is 1.52 bits per heavy atom. The Hall–Kier alpha value is -2.13. The molecule has 21 heavy (non-hydrogen) atoms. The van der Waals surface area contributed by atoms with Crippen LogP contribution in [0, 0.1) is 11.3 Å². The molecule has 1 fully saturated rings. The number of hydrogen-bond acceptors (Lipinski definition) is 5. The predicted molar refractivity (Wildman–Crippen MR) is 78.7 cm³/mol. The smallest absolute Gasteiger partial charge is 0.224 e. The molecule has 0 saturated carbocycles. The summed E-state index contributed by atoms with van der Waals surface area (Å²) in [4.78, 5) is 18.0. The van der Waals surface area contributed by atoms with E-state index in [-0.39, 0.29) is 5.91 Å². The maximum Gasteiger partial charge on any atom is 0.224 e. The predicted octanol–water partition coefficient (Wildman–Crippen LogP) is 1.39. The molecule has 1 amide bonds. The lowest BCUT2D eigenvalue weighted by Gasteiger charge is -2.32. The lowest BCUT2D eigenvalue weighted by atomic mass is 10.0. The van der Waals surface area contributed by atoms with Crippen LogP contribution in [0.15, 0.2) is 18.3 Å². The highest BCUT2D eigenvalue weighted by molar-refractivity contribution is 5.76. The molecule has 1 aromatic rings. The van der Waals surface area contributed by atoms with Crippen LogP contribution >= 0.6 is 0 Å². The van der Waals surface area contributed by atoms with Gasteiger partial charge in [0.15, 0.2) is 0 Å². The summed E-state index contributed by atoms with van der Waals surface area (Å²) in [6, 6.07) is 5.93. The van der Waals surface area contributed by atoms with Crippen LogP contribution in [0.1, 0.15) is 24.8 Å². The summed E-state index contributed by atoms with van der Waals surface area (Å²) < 4.78 is 4.93. The molecule has 2 rings (SSSR count). The third kappa shape index (κ3) is 4.43. The number of hydrogen-bond donors (Lipinski definition) is 1. The Morgan fingerprint density at radius 2 is 2.29 bits per heavy atom. The fourth-order valence-corrected chi connectivity index (χ4v) is 2.38. The second-order valence-electron chi connectivity index (χ2n) is 5.09. The highest BCUT2D eigenvalue weighted by Gasteiger charge is 2.22. The normalized spacial score (nSPS) is 15.5. The Labute approximate surface area is 124 Å². The first-order valence-electron chi connectivity index (χ1n) is 7.12. The van der Waals surface area contributed by atoms with Crippen molar-refractivity contribution in [2.75, 3.05) is 32.1 Å². The molecular formula is C15H20N4O2. The lowest BCUT2D eigenvalue weighted by Crippen LogP contribution is -2.42. The minimum absolute atomic E-state index is 0.159. The molecule has 1 N–H and O–H groups in total. The summed E-state index contributed by atoms with van der Waals surface area (Å²) in [6.45, 7) is 2.00. The van der Waals surface area contributed by atoms with E-state index in [0.717, 1.165) is 31.7 Å². The molecule has 0 unspecified atom stereocenters. The third-order valence-electron chi connectivity index (χ3n) is 3.61. The molecule has 6 nitrogen and oxygen atoms in total. The van der Waals surface area contributed by atoms with E-state index in [9.17, 15) is 4.79 Å². The summed E-state index contributed by atoms with van der Waals surface area (Å²) in [5.41, 5.74) is 0.555. The molecule has 6 heteroatoms. The standard InChI is InChI=1S/C15H20N4O2/c1-21-9-6-15(20)19-7-4-13(5-8-19)18-14-3-2-12(10-16)11-17-14/h2-3,11,13H,4-9H2,1H3,(H,17,18). The van der Waals surface area contributed by atoms with E-state index >= 15 is 0 Å². The monoisotopic (exact) mass is 288 g/mol. The molecule has 0 spiro atoms. The van der Waals surface area contributed by atoms with Crippen LogP contribution in [0.3, 0.4) is 0 Å². The number of nitriles is 1. The molecule has 112 valence electrons. The molecule has 0 aliphatic carbocycles. The maximum absolute atomic E-state index is 11.9. The van der Waals surface area contributed by atoms with E-state index in [1.807, 2.05) is 17.0 Å². The summed E-state index contributed by atoms with van der Waals surface area (Å²) in [7, 11) is 1.61. The topological polar surface area (TPSA) is 78.2 Å². The van der Waals surface area contributed by atoms with E-state index < -0.39 is 0 Å². The van der Waals surface area contributed by atoms with Crippen molar-refractivity contribution in [3.63, 3.8) is 0 Å². The summed E-state index contributed by atoms with van der Waals surface area (Å²) in [5, 5.41) is 12.1. The van der Waals surface area contributed by atoms with Gasteiger partial charge in [-0.3, -0.25) is 4.79 Å². The summed E-state index contributed by atoms with van der Waals surface area (Å²) in [5.74, 6) is 0.935. The molecule has 1 aliphatic heterocycles. The number of amides is 1. The van der Waals surface area contributed by atoms with Crippen molar-refractivity contribution >= 4 is 11.7 Å². The van der Waals surface area contributed by atoms with Crippen LogP contribution in [0.5, 0.6) is 0 Å².